The Morgan fingerprint density at radius 2 is 2.00 bits per heavy atom. The zero-order valence-corrected chi connectivity index (χ0v) is 14.4. The number of phosphoric acid groups is 1. The van der Waals surface area contributed by atoms with Crippen molar-refractivity contribution < 1.29 is 27.7 Å². The first-order valence-corrected chi connectivity index (χ1v) is 9.42. The third kappa shape index (κ3) is 4.40. The molecule has 0 aliphatic heterocycles. The van der Waals surface area contributed by atoms with Gasteiger partial charge in [-0.3, -0.25) is 13.8 Å². The van der Waals surface area contributed by atoms with Gasteiger partial charge in [-0.05, 0) is 44.3 Å². The molecule has 128 valence electrons. The zero-order valence-electron chi connectivity index (χ0n) is 13.5. The predicted molar refractivity (Wildman–Crippen MR) is 84.6 cm³/mol. The van der Waals surface area contributed by atoms with Crippen LogP contribution in [-0.4, -0.2) is 25.3 Å². The van der Waals surface area contributed by atoms with Crippen LogP contribution in [0.25, 0.3) is 0 Å². The molecule has 3 atom stereocenters. The van der Waals surface area contributed by atoms with Crippen molar-refractivity contribution in [2.75, 3.05) is 13.2 Å². The van der Waals surface area contributed by atoms with Crippen LogP contribution in [0.2, 0.25) is 0 Å². The molecule has 0 spiro atoms. The van der Waals surface area contributed by atoms with Gasteiger partial charge in [0.15, 0.2) is 5.78 Å². The largest absolute Gasteiger partial charge is 0.529 e. The second-order valence-electron chi connectivity index (χ2n) is 5.60. The summed E-state index contributed by atoms with van der Waals surface area (Å²) in [4.78, 5) is 23.1. The van der Waals surface area contributed by atoms with Crippen molar-refractivity contribution in [3.05, 3.63) is 24.0 Å². The van der Waals surface area contributed by atoms with Crippen molar-refractivity contribution in [2.45, 2.75) is 33.1 Å². The highest BCUT2D eigenvalue weighted by Gasteiger charge is 2.40. The highest BCUT2D eigenvalue weighted by atomic mass is 31.2. The summed E-state index contributed by atoms with van der Waals surface area (Å²) < 4.78 is 28.3. The molecule has 6 nitrogen and oxygen atoms in total. The third-order valence-electron chi connectivity index (χ3n) is 4.05. The first-order chi connectivity index (χ1) is 11.0. The van der Waals surface area contributed by atoms with E-state index in [1.54, 1.807) is 26.0 Å². The van der Waals surface area contributed by atoms with Crippen LogP contribution in [-0.2, 0) is 27.7 Å². The van der Waals surface area contributed by atoms with Crippen LogP contribution in [0, 0.1) is 17.8 Å². The fraction of sp³-hybridized carbons (Fsp3) is 0.625. The average Bonchev–Trinajstić information content (AvgIpc) is 2.47. The number of fused-ring (bicyclic) bond motifs is 1. The lowest BCUT2D eigenvalue weighted by atomic mass is 9.68. The van der Waals surface area contributed by atoms with Crippen LogP contribution in [0.4, 0.5) is 0 Å². The summed E-state index contributed by atoms with van der Waals surface area (Å²) in [5.41, 5.74) is 0. The summed E-state index contributed by atoms with van der Waals surface area (Å²) in [5.74, 6) is 0.119. The SMILES string of the molecule is CCOP(=O)(OCC)OC1=CC(CC=O)C2C(=O)C=CCC2C1. The Morgan fingerprint density at radius 1 is 1.30 bits per heavy atom. The summed E-state index contributed by atoms with van der Waals surface area (Å²) >= 11 is 0. The van der Waals surface area contributed by atoms with E-state index in [2.05, 4.69) is 0 Å². The Morgan fingerprint density at radius 3 is 2.61 bits per heavy atom. The average molecular weight is 342 g/mol. The number of carbonyl (C=O) groups excluding carboxylic acids is 2. The van der Waals surface area contributed by atoms with E-state index in [0.717, 1.165) is 12.7 Å². The number of allylic oxidation sites excluding steroid dienone is 4. The molecule has 0 N–H and O–H groups in total. The maximum Gasteiger partial charge on any atom is 0.529 e. The topological polar surface area (TPSA) is 78.9 Å². The third-order valence-corrected chi connectivity index (χ3v) is 5.66. The number of ketones is 1. The van der Waals surface area contributed by atoms with E-state index in [1.807, 2.05) is 6.08 Å². The predicted octanol–water partition coefficient (Wildman–Crippen LogP) is 3.44. The van der Waals surface area contributed by atoms with Gasteiger partial charge >= 0.3 is 7.82 Å². The van der Waals surface area contributed by atoms with Gasteiger partial charge in [0, 0.05) is 18.8 Å². The number of rotatable bonds is 8. The molecule has 0 bridgehead atoms. The molecule has 3 unspecified atom stereocenters. The van der Waals surface area contributed by atoms with Gasteiger partial charge in [-0.15, -0.1) is 0 Å². The van der Waals surface area contributed by atoms with Crippen LogP contribution >= 0.6 is 7.82 Å². The van der Waals surface area contributed by atoms with Crippen LogP contribution in [0.15, 0.2) is 24.0 Å². The summed E-state index contributed by atoms with van der Waals surface area (Å²) in [6, 6.07) is 0. The van der Waals surface area contributed by atoms with Gasteiger partial charge in [0.25, 0.3) is 0 Å². The standard InChI is InChI=1S/C16H23O6P/c1-3-20-23(19,21-4-2)22-14-10-12-6-5-7-15(18)16(12)13(11-14)8-9-17/h5,7,9,11-13,16H,3-4,6,8,10H2,1-2H3. The van der Waals surface area contributed by atoms with Gasteiger partial charge in [0.2, 0.25) is 0 Å². The summed E-state index contributed by atoms with van der Waals surface area (Å²) in [6.07, 6.45) is 7.43. The Kier molecular flexibility index (Phi) is 6.33. The fourth-order valence-corrected chi connectivity index (χ4v) is 4.47. The van der Waals surface area contributed by atoms with E-state index in [-0.39, 0.29) is 43.2 Å². The van der Waals surface area contributed by atoms with Crippen molar-refractivity contribution in [3.8, 4) is 0 Å². The minimum atomic E-state index is -3.66. The Bertz CT molecular complexity index is 543. The molecule has 0 aromatic carbocycles. The molecule has 0 heterocycles. The summed E-state index contributed by atoms with van der Waals surface area (Å²) in [5, 5.41) is 0. The maximum absolute atomic E-state index is 12.5. The molecule has 2 rings (SSSR count). The fourth-order valence-electron chi connectivity index (χ4n) is 3.23. The number of phosphoric ester groups is 1. The minimum absolute atomic E-state index is 0.0428. The van der Waals surface area contributed by atoms with E-state index < -0.39 is 7.82 Å². The molecule has 0 amide bonds. The molecule has 0 aromatic heterocycles. The smallest absolute Gasteiger partial charge is 0.409 e. The Labute approximate surface area is 136 Å². The number of aldehydes is 1. The van der Waals surface area contributed by atoms with Crippen molar-refractivity contribution in [1.29, 1.82) is 0 Å². The van der Waals surface area contributed by atoms with Crippen LogP contribution in [0.5, 0.6) is 0 Å². The van der Waals surface area contributed by atoms with Gasteiger partial charge in [0.05, 0.1) is 13.2 Å². The quantitative estimate of drug-likeness (QED) is 0.497. The van der Waals surface area contributed by atoms with Crippen LogP contribution in [0.1, 0.15) is 33.1 Å². The van der Waals surface area contributed by atoms with Gasteiger partial charge in [-0.1, -0.05) is 6.08 Å². The van der Waals surface area contributed by atoms with Crippen molar-refractivity contribution in [1.82, 2.24) is 0 Å². The lowest BCUT2D eigenvalue weighted by molar-refractivity contribution is -0.122. The summed E-state index contributed by atoms with van der Waals surface area (Å²) in [6.45, 7) is 3.82. The van der Waals surface area contributed by atoms with Gasteiger partial charge in [-0.2, -0.15) is 0 Å². The van der Waals surface area contributed by atoms with Crippen LogP contribution in [0.3, 0.4) is 0 Å². The van der Waals surface area contributed by atoms with Gasteiger partial charge in [-0.25, -0.2) is 4.57 Å². The maximum atomic E-state index is 12.5. The second kappa shape index (κ2) is 8.04. The van der Waals surface area contributed by atoms with E-state index >= 15 is 0 Å². The molecule has 0 radical (unpaired) electrons. The lowest BCUT2D eigenvalue weighted by Gasteiger charge is -2.36. The molecule has 7 heteroatoms. The lowest BCUT2D eigenvalue weighted by Crippen LogP contribution is -2.35. The highest BCUT2D eigenvalue weighted by Crippen LogP contribution is 2.54. The van der Waals surface area contributed by atoms with Crippen LogP contribution < -0.4 is 0 Å². The Balaban J connectivity index is 2.21. The van der Waals surface area contributed by atoms with Gasteiger partial charge < -0.3 is 9.32 Å². The van der Waals surface area contributed by atoms with Crippen molar-refractivity contribution >= 4 is 19.9 Å². The molecule has 23 heavy (non-hydrogen) atoms. The molecule has 2 aliphatic carbocycles. The molecule has 0 saturated carbocycles. The van der Waals surface area contributed by atoms with E-state index in [9.17, 15) is 14.2 Å². The minimum Gasteiger partial charge on any atom is -0.409 e. The van der Waals surface area contributed by atoms with E-state index in [4.69, 9.17) is 13.6 Å². The Hall–Kier alpha value is -1.23. The van der Waals surface area contributed by atoms with Gasteiger partial charge in [0.1, 0.15) is 12.0 Å². The molecule has 2 aliphatic rings. The summed E-state index contributed by atoms with van der Waals surface area (Å²) in [7, 11) is -3.66. The molecule has 0 aromatic rings. The van der Waals surface area contributed by atoms with Crippen molar-refractivity contribution in [3.63, 3.8) is 0 Å². The molecule has 0 fully saturated rings. The van der Waals surface area contributed by atoms with E-state index in [1.165, 1.54) is 0 Å². The molecular formula is C16H23O6P. The molecule has 0 saturated heterocycles. The monoisotopic (exact) mass is 342 g/mol. The normalized spacial score (nSPS) is 27.3. The highest BCUT2D eigenvalue weighted by molar-refractivity contribution is 7.48. The first-order valence-electron chi connectivity index (χ1n) is 7.96. The number of carbonyl (C=O) groups is 2. The zero-order chi connectivity index (χ0) is 16.9. The number of hydrogen-bond donors (Lipinski definition) is 0. The number of hydrogen-bond acceptors (Lipinski definition) is 6. The second-order valence-corrected chi connectivity index (χ2v) is 7.20. The molecular weight excluding hydrogens is 319 g/mol. The van der Waals surface area contributed by atoms with E-state index in [0.29, 0.717) is 12.2 Å². The first kappa shape index (κ1) is 18.1. The van der Waals surface area contributed by atoms with Crippen molar-refractivity contribution in [2.24, 2.45) is 17.8 Å².